The molecule has 0 aliphatic carbocycles. The second-order valence-electron chi connectivity index (χ2n) is 5.07. The van der Waals surface area contributed by atoms with Crippen LogP contribution in [0.25, 0.3) is 0 Å². The van der Waals surface area contributed by atoms with Crippen LogP contribution in [0.4, 0.5) is 5.69 Å². The minimum absolute atomic E-state index is 0.716. The highest BCUT2D eigenvalue weighted by Gasteiger charge is 2.20. The largest absolute Gasteiger partial charge is 0.377 e. The second-order valence-corrected chi connectivity index (χ2v) is 5.07. The molecule has 0 radical (unpaired) electrons. The van der Waals surface area contributed by atoms with Gasteiger partial charge >= 0.3 is 0 Å². The Morgan fingerprint density at radius 2 is 1.95 bits per heavy atom. The van der Waals surface area contributed by atoms with E-state index in [9.17, 15) is 0 Å². The first-order chi connectivity index (χ1) is 9.27. The Hall–Kier alpha value is -1.06. The van der Waals surface area contributed by atoms with Crippen LogP contribution in [0.3, 0.4) is 0 Å². The Labute approximate surface area is 117 Å². The average Bonchev–Trinajstić information content (AvgIpc) is 2.94. The number of hydrazine groups is 1. The van der Waals surface area contributed by atoms with Crippen molar-refractivity contribution in [1.29, 1.82) is 0 Å². The molecule has 0 atom stereocenters. The topological polar surface area (TPSA) is 15.7 Å². The molecule has 0 saturated carbocycles. The summed E-state index contributed by atoms with van der Waals surface area (Å²) in [7, 11) is 0. The summed E-state index contributed by atoms with van der Waals surface area (Å²) in [6, 6.07) is 6.55. The molecule has 1 aliphatic heterocycles. The first kappa shape index (κ1) is 14.4. The van der Waals surface area contributed by atoms with E-state index in [1.165, 1.54) is 42.7 Å². The molecule has 1 fully saturated rings. The SMILES string of the molecule is CCOCc1cccc(N(CC)N2CCCC2)c1C. The lowest BCUT2D eigenvalue weighted by Gasteiger charge is -2.34. The maximum atomic E-state index is 5.56. The standard InChI is InChI=1S/C16H26N2O/c1-4-18(17-11-6-7-12-17)16-10-8-9-15(14(16)3)13-19-5-2/h8-10H,4-7,11-13H2,1-3H3. The number of rotatable bonds is 6. The van der Waals surface area contributed by atoms with Gasteiger partial charge in [-0.2, -0.15) is 0 Å². The summed E-state index contributed by atoms with van der Waals surface area (Å²) in [6.45, 7) is 11.4. The zero-order chi connectivity index (χ0) is 13.7. The van der Waals surface area contributed by atoms with Gasteiger partial charge in [0.15, 0.2) is 0 Å². The van der Waals surface area contributed by atoms with Crippen molar-refractivity contribution in [3.05, 3.63) is 29.3 Å². The quantitative estimate of drug-likeness (QED) is 0.782. The van der Waals surface area contributed by atoms with E-state index in [1.54, 1.807) is 0 Å². The average molecular weight is 262 g/mol. The lowest BCUT2D eigenvalue weighted by atomic mass is 10.1. The van der Waals surface area contributed by atoms with Crippen molar-refractivity contribution >= 4 is 5.69 Å². The molecule has 1 heterocycles. The highest BCUT2D eigenvalue weighted by Crippen LogP contribution is 2.26. The summed E-state index contributed by atoms with van der Waals surface area (Å²) in [5.41, 5.74) is 3.99. The number of nitrogens with zero attached hydrogens (tertiary/aromatic N) is 2. The van der Waals surface area contributed by atoms with Crippen molar-refractivity contribution in [2.75, 3.05) is 31.3 Å². The molecule has 0 aromatic heterocycles. The number of benzene rings is 1. The third-order valence-corrected chi connectivity index (χ3v) is 3.88. The van der Waals surface area contributed by atoms with Crippen molar-refractivity contribution in [3.63, 3.8) is 0 Å². The van der Waals surface area contributed by atoms with E-state index in [0.717, 1.165) is 13.2 Å². The molecular formula is C16H26N2O. The molecule has 3 heteroatoms. The van der Waals surface area contributed by atoms with Crippen molar-refractivity contribution < 1.29 is 4.74 Å². The smallest absolute Gasteiger partial charge is 0.0720 e. The van der Waals surface area contributed by atoms with Gasteiger partial charge in [0.25, 0.3) is 0 Å². The van der Waals surface area contributed by atoms with E-state index < -0.39 is 0 Å². The van der Waals surface area contributed by atoms with Crippen LogP contribution < -0.4 is 5.01 Å². The fourth-order valence-electron chi connectivity index (χ4n) is 2.78. The van der Waals surface area contributed by atoms with Crippen LogP contribution in [0, 0.1) is 6.92 Å². The fourth-order valence-corrected chi connectivity index (χ4v) is 2.78. The van der Waals surface area contributed by atoms with Crippen LogP contribution >= 0.6 is 0 Å². The maximum absolute atomic E-state index is 5.56. The van der Waals surface area contributed by atoms with Gasteiger partial charge in [-0.25, -0.2) is 5.01 Å². The number of ether oxygens (including phenoxy) is 1. The summed E-state index contributed by atoms with van der Waals surface area (Å²) in [5, 5.41) is 4.91. The lowest BCUT2D eigenvalue weighted by molar-refractivity contribution is 0.133. The predicted molar refractivity (Wildman–Crippen MR) is 80.3 cm³/mol. The van der Waals surface area contributed by atoms with E-state index in [4.69, 9.17) is 4.74 Å². The highest BCUT2D eigenvalue weighted by molar-refractivity contribution is 5.55. The normalized spacial score (nSPS) is 15.9. The van der Waals surface area contributed by atoms with E-state index in [1.807, 2.05) is 6.92 Å². The van der Waals surface area contributed by atoms with Crippen LogP contribution in [0.2, 0.25) is 0 Å². The summed E-state index contributed by atoms with van der Waals surface area (Å²) in [5.74, 6) is 0. The molecule has 19 heavy (non-hydrogen) atoms. The predicted octanol–water partition coefficient (Wildman–Crippen LogP) is 3.37. The molecule has 0 spiro atoms. The molecule has 1 aliphatic rings. The van der Waals surface area contributed by atoms with Gasteiger partial charge in [0.05, 0.1) is 12.3 Å². The van der Waals surface area contributed by atoms with E-state index >= 15 is 0 Å². The van der Waals surface area contributed by atoms with E-state index in [0.29, 0.717) is 6.61 Å². The van der Waals surface area contributed by atoms with Crippen LogP contribution in [0.5, 0.6) is 0 Å². The van der Waals surface area contributed by atoms with Crippen molar-refractivity contribution in [1.82, 2.24) is 5.01 Å². The first-order valence-electron chi connectivity index (χ1n) is 7.46. The minimum atomic E-state index is 0.716. The van der Waals surface area contributed by atoms with Gasteiger partial charge in [0, 0.05) is 26.2 Å². The Morgan fingerprint density at radius 3 is 2.58 bits per heavy atom. The molecule has 1 saturated heterocycles. The van der Waals surface area contributed by atoms with Gasteiger partial charge in [-0.15, -0.1) is 0 Å². The fraction of sp³-hybridized carbons (Fsp3) is 0.625. The van der Waals surface area contributed by atoms with Crippen molar-refractivity contribution in [2.24, 2.45) is 0 Å². The van der Waals surface area contributed by atoms with Gasteiger partial charge in [-0.3, -0.25) is 0 Å². The summed E-state index contributed by atoms with van der Waals surface area (Å²) >= 11 is 0. The monoisotopic (exact) mass is 262 g/mol. The van der Waals surface area contributed by atoms with Crippen molar-refractivity contribution in [2.45, 2.75) is 40.2 Å². The molecule has 0 amide bonds. The summed E-state index contributed by atoms with van der Waals surface area (Å²) < 4.78 is 5.56. The van der Waals surface area contributed by atoms with Gasteiger partial charge in [0.2, 0.25) is 0 Å². The molecule has 0 unspecified atom stereocenters. The Morgan fingerprint density at radius 1 is 1.21 bits per heavy atom. The van der Waals surface area contributed by atoms with Crippen LogP contribution in [0.15, 0.2) is 18.2 Å². The van der Waals surface area contributed by atoms with E-state index in [2.05, 4.69) is 42.1 Å². The number of anilines is 1. The highest BCUT2D eigenvalue weighted by atomic mass is 16.5. The molecule has 0 bridgehead atoms. The lowest BCUT2D eigenvalue weighted by Crippen LogP contribution is -2.41. The third kappa shape index (κ3) is 3.28. The Kier molecular flexibility index (Phi) is 5.23. The number of hydrogen-bond acceptors (Lipinski definition) is 3. The molecule has 1 aromatic carbocycles. The van der Waals surface area contributed by atoms with Gasteiger partial charge < -0.3 is 9.75 Å². The van der Waals surface area contributed by atoms with Gasteiger partial charge in [-0.05, 0) is 50.8 Å². The van der Waals surface area contributed by atoms with E-state index in [-0.39, 0.29) is 0 Å². The zero-order valence-electron chi connectivity index (χ0n) is 12.5. The maximum Gasteiger partial charge on any atom is 0.0720 e. The molecule has 3 nitrogen and oxygen atoms in total. The first-order valence-corrected chi connectivity index (χ1v) is 7.46. The van der Waals surface area contributed by atoms with Gasteiger partial charge in [-0.1, -0.05) is 12.1 Å². The molecule has 106 valence electrons. The second kappa shape index (κ2) is 6.92. The third-order valence-electron chi connectivity index (χ3n) is 3.88. The van der Waals surface area contributed by atoms with Crippen LogP contribution in [-0.4, -0.2) is 31.3 Å². The van der Waals surface area contributed by atoms with Gasteiger partial charge in [0.1, 0.15) is 0 Å². The van der Waals surface area contributed by atoms with Crippen LogP contribution in [0.1, 0.15) is 37.8 Å². The van der Waals surface area contributed by atoms with Crippen LogP contribution in [-0.2, 0) is 11.3 Å². The molecule has 0 N–H and O–H groups in total. The number of hydrogen-bond donors (Lipinski definition) is 0. The molecule has 1 aromatic rings. The summed E-state index contributed by atoms with van der Waals surface area (Å²) in [4.78, 5) is 0. The summed E-state index contributed by atoms with van der Waals surface area (Å²) in [6.07, 6.45) is 2.63. The minimum Gasteiger partial charge on any atom is -0.377 e. The molecule has 2 rings (SSSR count). The molecular weight excluding hydrogens is 236 g/mol. The Bertz CT molecular complexity index is 400. The zero-order valence-corrected chi connectivity index (χ0v) is 12.5. The Balaban J connectivity index is 2.21. The van der Waals surface area contributed by atoms with Crippen molar-refractivity contribution in [3.8, 4) is 0 Å².